The molecule has 1 aliphatic carbocycles. The molecule has 1 fully saturated rings. The first-order valence-electron chi connectivity index (χ1n) is 7.28. The molecule has 17 heavy (non-hydrogen) atoms. The SMILES string of the molecule is CC(C)N(C)CCCCNC1CCCC1CN. The lowest BCUT2D eigenvalue weighted by Crippen LogP contribution is -2.36. The van der Waals surface area contributed by atoms with E-state index >= 15 is 0 Å². The van der Waals surface area contributed by atoms with Crippen molar-refractivity contribution in [3.63, 3.8) is 0 Å². The maximum atomic E-state index is 5.78. The molecule has 3 heteroatoms. The van der Waals surface area contributed by atoms with Crippen LogP contribution >= 0.6 is 0 Å². The minimum absolute atomic E-state index is 0.666. The first-order valence-corrected chi connectivity index (χ1v) is 7.28. The quantitative estimate of drug-likeness (QED) is 0.637. The predicted molar refractivity (Wildman–Crippen MR) is 75.2 cm³/mol. The largest absolute Gasteiger partial charge is 0.330 e. The van der Waals surface area contributed by atoms with Crippen molar-refractivity contribution in [2.24, 2.45) is 11.7 Å². The summed E-state index contributed by atoms with van der Waals surface area (Å²) in [6, 6.07) is 1.36. The Bertz CT molecular complexity index is 194. The fourth-order valence-corrected chi connectivity index (χ4v) is 2.62. The van der Waals surface area contributed by atoms with Gasteiger partial charge in [0.05, 0.1) is 0 Å². The van der Waals surface area contributed by atoms with Gasteiger partial charge >= 0.3 is 0 Å². The van der Waals surface area contributed by atoms with E-state index in [1.165, 1.54) is 38.6 Å². The molecule has 0 spiro atoms. The summed E-state index contributed by atoms with van der Waals surface area (Å²) in [6.45, 7) is 7.73. The molecule has 0 aromatic rings. The van der Waals surface area contributed by atoms with Gasteiger partial charge < -0.3 is 16.0 Å². The Morgan fingerprint density at radius 3 is 2.71 bits per heavy atom. The number of nitrogens with one attached hydrogen (secondary N) is 1. The topological polar surface area (TPSA) is 41.3 Å². The first-order chi connectivity index (χ1) is 8.15. The van der Waals surface area contributed by atoms with Gasteiger partial charge in [-0.15, -0.1) is 0 Å². The summed E-state index contributed by atoms with van der Waals surface area (Å²) < 4.78 is 0. The van der Waals surface area contributed by atoms with Gasteiger partial charge in [0.25, 0.3) is 0 Å². The Kier molecular flexibility index (Phi) is 7.09. The lowest BCUT2D eigenvalue weighted by molar-refractivity contribution is 0.266. The third-order valence-corrected chi connectivity index (χ3v) is 4.19. The number of nitrogens with two attached hydrogens (primary N) is 1. The van der Waals surface area contributed by atoms with Gasteiger partial charge in [0.2, 0.25) is 0 Å². The molecule has 102 valence electrons. The van der Waals surface area contributed by atoms with E-state index in [1.807, 2.05) is 0 Å². The van der Waals surface area contributed by atoms with Crippen LogP contribution in [-0.4, -0.2) is 43.7 Å². The molecule has 2 atom stereocenters. The van der Waals surface area contributed by atoms with Crippen LogP contribution in [0, 0.1) is 5.92 Å². The molecule has 0 aromatic carbocycles. The second kappa shape index (κ2) is 8.06. The fourth-order valence-electron chi connectivity index (χ4n) is 2.62. The van der Waals surface area contributed by atoms with Crippen molar-refractivity contribution in [2.45, 2.75) is 58.0 Å². The number of hydrogen-bond acceptors (Lipinski definition) is 3. The molecule has 0 heterocycles. The number of unbranched alkanes of at least 4 members (excludes halogenated alkanes) is 1. The third-order valence-electron chi connectivity index (χ3n) is 4.19. The second-order valence-corrected chi connectivity index (χ2v) is 5.77. The highest BCUT2D eigenvalue weighted by Gasteiger charge is 2.24. The van der Waals surface area contributed by atoms with E-state index in [4.69, 9.17) is 5.73 Å². The lowest BCUT2D eigenvalue weighted by Gasteiger charge is -2.22. The molecule has 0 amide bonds. The van der Waals surface area contributed by atoms with Crippen LogP contribution in [0.15, 0.2) is 0 Å². The average molecular weight is 241 g/mol. The van der Waals surface area contributed by atoms with Gasteiger partial charge in [-0.3, -0.25) is 0 Å². The van der Waals surface area contributed by atoms with E-state index in [-0.39, 0.29) is 0 Å². The fraction of sp³-hybridized carbons (Fsp3) is 1.00. The van der Waals surface area contributed by atoms with Crippen LogP contribution in [-0.2, 0) is 0 Å². The molecule has 2 unspecified atom stereocenters. The zero-order valence-corrected chi connectivity index (χ0v) is 11.9. The van der Waals surface area contributed by atoms with E-state index in [9.17, 15) is 0 Å². The van der Waals surface area contributed by atoms with Crippen molar-refractivity contribution in [3.8, 4) is 0 Å². The van der Waals surface area contributed by atoms with Gasteiger partial charge in [-0.25, -0.2) is 0 Å². The lowest BCUT2D eigenvalue weighted by atomic mass is 10.0. The van der Waals surface area contributed by atoms with Gasteiger partial charge in [0, 0.05) is 12.1 Å². The molecule has 0 bridgehead atoms. The second-order valence-electron chi connectivity index (χ2n) is 5.77. The van der Waals surface area contributed by atoms with E-state index in [1.54, 1.807) is 0 Å². The summed E-state index contributed by atoms with van der Waals surface area (Å²) in [4.78, 5) is 2.41. The number of nitrogens with zero attached hydrogens (tertiary/aromatic N) is 1. The standard InChI is InChI=1S/C14H31N3/c1-12(2)17(3)10-5-4-9-16-14-8-6-7-13(14)11-15/h12-14,16H,4-11,15H2,1-3H3. The molecule has 1 rings (SSSR count). The normalized spacial score (nSPS) is 25.1. The summed E-state index contributed by atoms with van der Waals surface area (Å²) in [5.74, 6) is 0.730. The molecule has 0 aromatic heterocycles. The van der Waals surface area contributed by atoms with E-state index in [0.717, 1.165) is 19.0 Å². The monoisotopic (exact) mass is 241 g/mol. The van der Waals surface area contributed by atoms with Crippen molar-refractivity contribution in [2.75, 3.05) is 26.7 Å². The number of hydrogen-bond donors (Lipinski definition) is 2. The van der Waals surface area contributed by atoms with E-state index in [0.29, 0.717) is 12.1 Å². The molecule has 0 aliphatic heterocycles. The van der Waals surface area contributed by atoms with E-state index in [2.05, 4.69) is 31.1 Å². The zero-order chi connectivity index (χ0) is 12.7. The molecule has 3 nitrogen and oxygen atoms in total. The van der Waals surface area contributed by atoms with Gasteiger partial charge in [-0.1, -0.05) is 6.42 Å². The highest BCUT2D eigenvalue weighted by atomic mass is 15.1. The van der Waals surface area contributed by atoms with Crippen LogP contribution < -0.4 is 11.1 Å². The average Bonchev–Trinajstić information content (AvgIpc) is 2.75. The van der Waals surface area contributed by atoms with Gasteiger partial charge in [-0.2, -0.15) is 0 Å². The Hall–Kier alpha value is -0.120. The predicted octanol–water partition coefficient (Wildman–Crippen LogP) is 1.82. The Morgan fingerprint density at radius 1 is 1.29 bits per heavy atom. The van der Waals surface area contributed by atoms with Crippen LogP contribution in [0.1, 0.15) is 46.0 Å². The minimum Gasteiger partial charge on any atom is -0.330 e. The van der Waals surface area contributed by atoms with Crippen molar-refractivity contribution in [1.29, 1.82) is 0 Å². The van der Waals surface area contributed by atoms with Gasteiger partial charge in [0.1, 0.15) is 0 Å². The first kappa shape index (κ1) is 14.9. The molecule has 3 N–H and O–H groups in total. The smallest absolute Gasteiger partial charge is 0.0107 e. The summed E-state index contributed by atoms with van der Waals surface area (Å²) in [5, 5.41) is 3.69. The molecular formula is C14H31N3. The van der Waals surface area contributed by atoms with Crippen LogP contribution in [0.3, 0.4) is 0 Å². The zero-order valence-electron chi connectivity index (χ0n) is 11.9. The third kappa shape index (κ3) is 5.36. The molecule has 1 saturated carbocycles. The molecule has 0 saturated heterocycles. The summed E-state index contributed by atoms with van der Waals surface area (Å²) in [7, 11) is 2.21. The van der Waals surface area contributed by atoms with Crippen molar-refractivity contribution >= 4 is 0 Å². The summed E-state index contributed by atoms with van der Waals surface area (Å²) in [6.07, 6.45) is 6.58. The van der Waals surface area contributed by atoms with Crippen LogP contribution in [0.25, 0.3) is 0 Å². The Labute approximate surface area is 107 Å². The Morgan fingerprint density at radius 2 is 2.06 bits per heavy atom. The highest BCUT2D eigenvalue weighted by molar-refractivity contribution is 4.83. The molecular weight excluding hydrogens is 210 g/mol. The van der Waals surface area contributed by atoms with Gasteiger partial charge in [0.15, 0.2) is 0 Å². The maximum Gasteiger partial charge on any atom is 0.0107 e. The maximum absolute atomic E-state index is 5.78. The summed E-state index contributed by atoms with van der Waals surface area (Å²) >= 11 is 0. The summed E-state index contributed by atoms with van der Waals surface area (Å²) in [5.41, 5.74) is 5.78. The molecule has 0 radical (unpaired) electrons. The molecule has 1 aliphatic rings. The van der Waals surface area contributed by atoms with Crippen molar-refractivity contribution in [1.82, 2.24) is 10.2 Å². The van der Waals surface area contributed by atoms with Gasteiger partial charge in [-0.05, 0) is 72.1 Å². The van der Waals surface area contributed by atoms with Crippen molar-refractivity contribution < 1.29 is 0 Å². The van der Waals surface area contributed by atoms with Crippen molar-refractivity contribution in [3.05, 3.63) is 0 Å². The van der Waals surface area contributed by atoms with Crippen LogP contribution in [0.4, 0.5) is 0 Å². The van der Waals surface area contributed by atoms with E-state index < -0.39 is 0 Å². The van der Waals surface area contributed by atoms with Crippen LogP contribution in [0.2, 0.25) is 0 Å². The highest BCUT2D eigenvalue weighted by Crippen LogP contribution is 2.24. The van der Waals surface area contributed by atoms with Crippen LogP contribution in [0.5, 0.6) is 0 Å². The minimum atomic E-state index is 0.666. The number of rotatable bonds is 8. The Balaban J connectivity index is 2.00.